The summed E-state index contributed by atoms with van der Waals surface area (Å²) in [6.07, 6.45) is 8.75. The standard InChI is InChI=1S/C37H40Cl2N2O5S/c1-6-40-30-17-10-9-14-26(30)36(2,3)32(40)18-13-19-33-37(4,5)27-24-25(47(43,44)45)21-22-31(27)41(33)23-11-7-8-20-34(42)46-35-28(38)15-12-16-29(35)39/h9-10,12-19,21-22,24H,6-8,11,20,23H2,1-5H3/p+1. The van der Waals surface area contributed by atoms with Crippen molar-refractivity contribution in [2.24, 2.45) is 0 Å². The first-order chi connectivity index (χ1) is 22.2. The first-order valence-corrected chi connectivity index (χ1v) is 18.0. The molecule has 248 valence electrons. The molecule has 0 aliphatic carbocycles. The summed E-state index contributed by atoms with van der Waals surface area (Å²) in [6, 6.07) is 18.2. The summed E-state index contributed by atoms with van der Waals surface area (Å²) in [5, 5.41) is 0.571. The van der Waals surface area contributed by atoms with E-state index in [0.29, 0.717) is 13.0 Å². The Hall–Kier alpha value is -3.43. The Balaban J connectivity index is 1.36. The first-order valence-electron chi connectivity index (χ1n) is 15.9. The van der Waals surface area contributed by atoms with Gasteiger partial charge in [-0.15, -0.1) is 0 Å². The number of hydrogen-bond acceptors (Lipinski definition) is 5. The molecule has 0 unspecified atom stereocenters. The Bertz CT molecular complexity index is 1890. The van der Waals surface area contributed by atoms with Crippen LogP contribution in [0.5, 0.6) is 5.75 Å². The highest BCUT2D eigenvalue weighted by Gasteiger charge is 2.44. The van der Waals surface area contributed by atoms with Crippen molar-refractivity contribution >= 4 is 56.4 Å². The van der Waals surface area contributed by atoms with Gasteiger partial charge < -0.3 is 9.64 Å². The molecule has 2 heterocycles. The van der Waals surface area contributed by atoms with E-state index in [4.69, 9.17) is 27.9 Å². The third kappa shape index (κ3) is 6.93. The molecule has 1 N–H and O–H groups in total. The van der Waals surface area contributed by atoms with Crippen LogP contribution in [0.4, 0.5) is 11.4 Å². The quantitative estimate of drug-likeness (QED) is 0.0708. The molecule has 7 nitrogen and oxygen atoms in total. The Morgan fingerprint density at radius 2 is 1.64 bits per heavy atom. The Labute approximate surface area is 287 Å². The molecule has 2 aliphatic rings. The molecule has 10 heteroatoms. The van der Waals surface area contributed by atoms with Crippen LogP contribution in [0, 0.1) is 0 Å². The minimum Gasteiger partial charge on any atom is -0.423 e. The molecule has 0 aromatic heterocycles. The highest BCUT2D eigenvalue weighted by Crippen LogP contribution is 2.49. The minimum absolute atomic E-state index is 0.127. The summed E-state index contributed by atoms with van der Waals surface area (Å²) in [5.74, 6) is -0.222. The number of esters is 1. The van der Waals surface area contributed by atoms with Crippen LogP contribution in [0.2, 0.25) is 10.0 Å². The summed E-state index contributed by atoms with van der Waals surface area (Å²) >= 11 is 12.3. The Morgan fingerprint density at radius 1 is 0.936 bits per heavy atom. The lowest BCUT2D eigenvalue weighted by Crippen LogP contribution is -2.28. The zero-order chi connectivity index (χ0) is 34.1. The summed E-state index contributed by atoms with van der Waals surface area (Å²) in [6.45, 7) is 12.3. The van der Waals surface area contributed by atoms with Crippen LogP contribution in [0.15, 0.2) is 89.5 Å². The molecule has 2 aliphatic heterocycles. The highest BCUT2D eigenvalue weighted by molar-refractivity contribution is 7.85. The predicted octanol–water partition coefficient (Wildman–Crippen LogP) is 9.04. The van der Waals surface area contributed by atoms with Gasteiger partial charge in [-0.25, -0.2) is 0 Å². The summed E-state index contributed by atoms with van der Waals surface area (Å²) < 4.78 is 41.7. The van der Waals surface area contributed by atoms with E-state index >= 15 is 0 Å². The maximum atomic E-state index is 12.5. The van der Waals surface area contributed by atoms with Crippen LogP contribution in [-0.4, -0.2) is 42.3 Å². The number of benzene rings is 3. The van der Waals surface area contributed by atoms with Crippen LogP contribution in [-0.2, 0) is 25.7 Å². The topological polar surface area (TPSA) is 86.9 Å². The van der Waals surface area contributed by atoms with Crippen LogP contribution in [0.1, 0.15) is 71.4 Å². The van der Waals surface area contributed by atoms with Crippen molar-refractivity contribution in [1.29, 1.82) is 0 Å². The maximum Gasteiger partial charge on any atom is 0.311 e. The van der Waals surface area contributed by atoms with Gasteiger partial charge in [0, 0.05) is 47.5 Å². The largest absolute Gasteiger partial charge is 0.423 e. The van der Waals surface area contributed by atoms with Crippen LogP contribution in [0.25, 0.3) is 0 Å². The zero-order valence-corrected chi connectivity index (χ0v) is 29.7. The van der Waals surface area contributed by atoms with Gasteiger partial charge in [0.2, 0.25) is 5.69 Å². The zero-order valence-electron chi connectivity index (χ0n) is 27.4. The van der Waals surface area contributed by atoms with E-state index in [-0.39, 0.29) is 32.5 Å². The van der Waals surface area contributed by atoms with Crippen molar-refractivity contribution in [3.63, 3.8) is 0 Å². The van der Waals surface area contributed by atoms with E-state index in [1.165, 1.54) is 23.0 Å². The second-order valence-corrected chi connectivity index (χ2v) is 15.2. The van der Waals surface area contributed by atoms with Crippen LogP contribution in [0.3, 0.4) is 0 Å². The normalized spacial score (nSPS) is 17.4. The van der Waals surface area contributed by atoms with Gasteiger partial charge in [0.15, 0.2) is 11.5 Å². The number of carbonyl (C=O) groups is 1. The first kappa shape index (κ1) is 34.9. The molecule has 47 heavy (non-hydrogen) atoms. The van der Waals surface area contributed by atoms with Crippen molar-refractivity contribution < 1.29 is 27.1 Å². The van der Waals surface area contributed by atoms with Crippen LogP contribution < -0.4 is 9.64 Å². The minimum atomic E-state index is -4.37. The molecular formula is C37H41Cl2N2O5S+. The monoisotopic (exact) mass is 695 g/mol. The molecule has 0 radical (unpaired) electrons. The van der Waals surface area contributed by atoms with E-state index in [1.54, 1.807) is 30.3 Å². The lowest BCUT2D eigenvalue weighted by atomic mass is 9.81. The SMILES string of the molecule is CC[N+]1=C(/C=C/C=C2\N(CCCCCC(=O)Oc3c(Cl)cccc3Cl)c3ccc(S(=O)(=O)O)cc3C2(C)C)C(C)(C)c2ccccc21. The summed E-state index contributed by atoms with van der Waals surface area (Å²) in [5.41, 5.74) is 5.74. The number of hydrogen-bond donors (Lipinski definition) is 1. The molecule has 0 amide bonds. The Morgan fingerprint density at radius 3 is 2.32 bits per heavy atom. The van der Waals surface area contributed by atoms with Gasteiger partial charge in [0.25, 0.3) is 10.1 Å². The van der Waals surface area contributed by atoms with Gasteiger partial charge in [-0.3, -0.25) is 9.35 Å². The fourth-order valence-corrected chi connectivity index (χ4v) is 7.71. The Kier molecular flexibility index (Phi) is 10.1. The fraction of sp³-hybridized carbons (Fsp3) is 0.351. The molecule has 0 spiro atoms. The van der Waals surface area contributed by atoms with E-state index in [9.17, 15) is 17.8 Å². The number of rotatable bonds is 11. The lowest BCUT2D eigenvalue weighted by molar-refractivity contribution is -0.433. The second kappa shape index (κ2) is 13.6. The third-order valence-corrected chi connectivity index (χ3v) is 10.6. The average Bonchev–Trinajstić information content (AvgIpc) is 3.36. The molecular weight excluding hydrogens is 655 g/mol. The summed E-state index contributed by atoms with van der Waals surface area (Å²) in [7, 11) is -4.37. The number of ether oxygens (including phenoxy) is 1. The second-order valence-electron chi connectivity index (χ2n) is 12.9. The number of halogens is 2. The van der Waals surface area contributed by atoms with Gasteiger partial charge in [0.05, 0.1) is 20.4 Å². The number of carbonyl (C=O) groups excluding carboxylic acids is 1. The smallest absolute Gasteiger partial charge is 0.311 e. The van der Waals surface area contributed by atoms with Crippen molar-refractivity contribution in [2.75, 3.05) is 18.0 Å². The molecule has 0 saturated carbocycles. The van der Waals surface area contributed by atoms with Crippen molar-refractivity contribution in [2.45, 2.75) is 76.0 Å². The molecule has 5 rings (SSSR count). The number of para-hydroxylation sites is 2. The number of allylic oxidation sites excluding steroid dienone is 4. The molecule has 0 bridgehead atoms. The third-order valence-electron chi connectivity index (χ3n) is 9.18. The molecule has 3 aromatic carbocycles. The summed E-state index contributed by atoms with van der Waals surface area (Å²) in [4.78, 5) is 14.6. The number of fused-ring (bicyclic) bond motifs is 2. The van der Waals surface area contributed by atoms with Gasteiger partial charge in [-0.2, -0.15) is 13.0 Å². The molecule has 3 aromatic rings. The molecule has 0 fully saturated rings. The molecule has 0 atom stereocenters. The van der Waals surface area contributed by atoms with E-state index in [1.807, 2.05) is 0 Å². The van der Waals surface area contributed by atoms with Gasteiger partial charge in [-0.1, -0.05) is 73.8 Å². The van der Waals surface area contributed by atoms with Crippen LogP contribution >= 0.6 is 23.2 Å². The number of nitrogens with zero attached hydrogens (tertiary/aromatic N) is 2. The lowest BCUT2D eigenvalue weighted by Gasteiger charge is -2.27. The average molecular weight is 697 g/mol. The fourth-order valence-electron chi connectivity index (χ4n) is 6.73. The van der Waals surface area contributed by atoms with E-state index < -0.39 is 21.5 Å². The van der Waals surface area contributed by atoms with Gasteiger partial charge in [0.1, 0.15) is 6.54 Å². The predicted molar refractivity (Wildman–Crippen MR) is 189 cm³/mol. The highest BCUT2D eigenvalue weighted by atomic mass is 35.5. The maximum absolute atomic E-state index is 12.5. The van der Waals surface area contributed by atoms with E-state index in [0.717, 1.165) is 36.3 Å². The van der Waals surface area contributed by atoms with Crippen molar-refractivity contribution in [3.8, 4) is 5.75 Å². The van der Waals surface area contributed by atoms with Crippen molar-refractivity contribution in [1.82, 2.24) is 0 Å². The number of anilines is 1. The van der Waals surface area contributed by atoms with Crippen molar-refractivity contribution in [3.05, 3.63) is 106 Å². The van der Waals surface area contributed by atoms with Gasteiger partial charge >= 0.3 is 5.97 Å². The van der Waals surface area contributed by atoms with Gasteiger partial charge in [-0.05, 0) is 75.6 Å². The van der Waals surface area contributed by atoms with E-state index in [2.05, 4.69) is 86.6 Å². The molecule has 0 saturated heterocycles. The number of unbranched alkanes of at least 4 members (excludes halogenated alkanes) is 2.